The third-order valence-corrected chi connectivity index (χ3v) is 1.73. The lowest BCUT2D eigenvalue weighted by Crippen LogP contribution is -2.44. The Hall–Kier alpha value is -0.120. The normalized spacial score (nSPS) is 16.8. The van der Waals surface area contributed by atoms with Crippen LogP contribution in [0, 0.1) is 0 Å². The van der Waals surface area contributed by atoms with Crippen molar-refractivity contribution in [2.24, 2.45) is 0 Å². The first-order valence-corrected chi connectivity index (χ1v) is 3.47. The van der Waals surface area contributed by atoms with Crippen molar-refractivity contribution < 1.29 is 9.84 Å². The minimum absolute atomic E-state index is 0.0799. The van der Waals surface area contributed by atoms with E-state index in [4.69, 9.17) is 9.84 Å². The Kier molecular flexibility index (Phi) is 4.60. The molecule has 0 aromatic heterocycles. The quantitative estimate of drug-likeness (QED) is 0.575. The highest BCUT2D eigenvalue weighted by Gasteiger charge is 2.20. The average Bonchev–Trinajstić information content (AvgIpc) is 1.89. The standard InChI is InChI=1S/C7H17NO2/c1-7(8-2,4-5-9)6-10-3/h8-9H,4-6H2,1-3H3. The zero-order valence-corrected chi connectivity index (χ0v) is 6.98. The van der Waals surface area contributed by atoms with E-state index in [1.165, 1.54) is 0 Å². The maximum absolute atomic E-state index is 8.66. The van der Waals surface area contributed by atoms with E-state index in [0.717, 1.165) is 6.42 Å². The van der Waals surface area contributed by atoms with Crippen molar-refractivity contribution in [2.45, 2.75) is 18.9 Å². The molecule has 0 rings (SSSR count). The van der Waals surface area contributed by atoms with Crippen molar-refractivity contribution in [3.8, 4) is 0 Å². The van der Waals surface area contributed by atoms with Crippen molar-refractivity contribution >= 4 is 0 Å². The van der Waals surface area contributed by atoms with Crippen LogP contribution in [0.5, 0.6) is 0 Å². The van der Waals surface area contributed by atoms with Crippen LogP contribution in [0.2, 0.25) is 0 Å². The van der Waals surface area contributed by atoms with Gasteiger partial charge in [-0.2, -0.15) is 0 Å². The van der Waals surface area contributed by atoms with Gasteiger partial charge in [-0.3, -0.25) is 0 Å². The summed E-state index contributed by atoms with van der Waals surface area (Å²) in [6.07, 6.45) is 0.720. The summed E-state index contributed by atoms with van der Waals surface area (Å²) in [6.45, 7) is 2.84. The zero-order valence-electron chi connectivity index (χ0n) is 6.98. The van der Waals surface area contributed by atoms with Crippen LogP contribution in [-0.4, -0.2) is 38.0 Å². The molecule has 0 saturated carbocycles. The Balaban J connectivity index is 3.69. The van der Waals surface area contributed by atoms with Crippen molar-refractivity contribution in [1.29, 1.82) is 0 Å². The molecule has 0 aromatic carbocycles. The summed E-state index contributed by atoms with van der Waals surface area (Å²) in [7, 11) is 3.53. The third-order valence-electron chi connectivity index (χ3n) is 1.73. The second-order valence-corrected chi connectivity index (χ2v) is 2.72. The smallest absolute Gasteiger partial charge is 0.0642 e. The molecule has 0 saturated heterocycles. The van der Waals surface area contributed by atoms with Crippen molar-refractivity contribution in [2.75, 3.05) is 27.4 Å². The number of hydrogen-bond donors (Lipinski definition) is 2. The number of aliphatic hydroxyl groups is 1. The SMILES string of the molecule is CNC(C)(CCO)COC. The number of rotatable bonds is 5. The molecule has 3 nitrogen and oxygen atoms in total. The first-order valence-electron chi connectivity index (χ1n) is 3.47. The lowest BCUT2D eigenvalue weighted by molar-refractivity contribution is 0.103. The van der Waals surface area contributed by atoms with E-state index < -0.39 is 0 Å². The van der Waals surface area contributed by atoms with Crippen LogP contribution >= 0.6 is 0 Å². The molecule has 10 heavy (non-hydrogen) atoms. The van der Waals surface area contributed by atoms with Gasteiger partial charge in [-0.1, -0.05) is 0 Å². The topological polar surface area (TPSA) is 41.5 Å². The van der Waals surface area contributed by atoms with E-state index in [9.17, 15) is 0 Å². The van der Waals surface area contributed by atoms with Gasteiger partial charge in [0.15, 0.2) is 0 Å². The van der Waals surface area contributed by atoms with Gasteiger partial charge in [0.25, 0.3) is 0 Å². The molecule has 0 amide bonds. The molecule has 1 unspecified atom stereocenters. The Morgan fingerprint density at radius 3 is 2.50 bits per heavy atom. The van der Waals surface area contributed by atoms with Crippen molar-refractivity contribution in [3.63, 3.8) is 0 Å². The molecular weight excluding hydrogens is 130 g/mol. The molecule has 2 N–H and O–H groups in total. The second kappa shape index (κ2) is 4.66. The molecule has 0 heterocycles. The predicted molar refractivity (Wildman–Crippen MR) is 41.0 cm³/mol. The molecule has 62 valence electrons. The van der Waals surface area contributed by atoms with Crippen LogP contribution in [0.4, 0.5) is 0 Å². The van der Waals surface area contributed by atoms with Gasteiger partial charge in [0.1, 0.15) is 0 Å². The van der Waals surface area contributed by atoms with Gasteiger partial charge < -0.3 is 15.2 Å². The van der Waals surface area contributed by atoms with Crippen LogP contribution in [0.25, 0.3) is 0 Å². The van der Waals surface area contributed by atoms with E-state index in [-0.39, 0.29) is 12.1 Å². The number of likely N-dealkylation sites (N-methyl/N-ethyl adjacent to an activating group) is 1. The number of methoxy groups -OCH3 is 1. The van der Waals surface area contributed by atoms with Crippen molar-refractivity contribution in [1.82, 2.24) is 5.32 Å². The van der Waals surface area contributed by atoms with Gasteiger partial charge in [0, 0.05) is 19.3 Å². The maximum atomic E-state index is 8.66. The van der Waals surface area contributed by atoms with Gasteiger partial charge >= 0.3 is 0 Å². The molecule has 0 spiro atoms. The Morgan fingerprint density at radius 2 is 2.20 bits per heavy atom. The summed E-state index contributed by atoms with van der Waals surface area (Å²) in [5, 5.41) is 11.8. The van der Waals surface area contributed by atoms with E-state index in [1.54, 1.807) is 7.11 Å². The molecule has 3 heteroatoms. The summed E-state index contributed by atoms with van der Waals surface area (Å²) in [5.74, 6) is 0. The van der Waals surface area contributed by atoms with Crippen LogP contribution in [0.15, 0.2) is 0 Å². The lowest BCUT2D eigenvalue weighted by atomic mass is 10.0. The largest absolute Gasteiger partial charge is 0.396 e. The third kappa shape index (κ3) is 3.15. The fourth-order valence-corrected chi connectivity index (χ4v) is 0.835. The molecule has 0 aliphatic rings. The molecule has 0 bridgehead atoms. The number of aliphatic hydroxyl groups excluding tert-OH is 1. The average molecular weight is 147 g/mol. The van der Waals surface area contributed by atoms with Gasteiger partial charge in [-0.05, 0) is 20.4 Å². The van der Waals surface area contributed by atoms with Gasteiger partial charge in [-0.15, -0.1) is 0 Å². The van der Waals surface area contributed by atoms with Crippen LogP contribution < -0.4 is 5.32 Å². The Bertz CT molecular complexity index is 79.7. The Morgan fingerprint density at radius 1 is 1.60 bits per heavy atom. The minimum Gasteiger partial charge on any atom is -0.396 e. The monoisotopic (exact) mass is 147 g/mol. The van der Waals surface area contributed by atoms with Gasteiger partial charge in [-0.25, -0.2) is 0 Å². The highest BCUT2D eigenvalue weighted by atomic mass is 16.5. The van der Waals surface area contributed by atoms with E-state index in [0.29, 0.717) is 6.61 Å². The molecule has 0 aliphatic carbocycles. The molecule has 0 radical (unpaired) electrons. The fraction of sp³-hybridized carbons (Fsp3) is 1.00. The number of hydrogen-bond acceptors (Lipinski definition) is 3. The molecule has 0 aliphatic heterocycles. The summed E-state index contributed by atoms with van der Waals surface area (Å²) in [5.41, 5.74) is -0.0799. The zero-order chi connectivity index (χ0) is 8.04. The van der Waals surface area contributed by atoms with Crippen LogP contribution in [0.3, 0.4) is 0 Å². The number of ether oxygens (including phenoxy) is 1. The van der Waals surface area contributed by atoms with Crippen LogP contribution in [0.1, 0.15) is 13.3 Å². The van der Waals surface area contributed by atoms with Crippen molar-refractivity contribution in [3.05, 3.63) is 0 Å². The summed E-state index contributed by atoms with van der Waals surface area (Å²) >= 11 is 0. The summed E-state index contributed by atoms with van der Waals surface area (Å²) in [4.78, 5) is 0. The summed E-state index contributed by atoms with van der Waals surface area (Å²) in [6, 6.07) is 0. The minimum atomic E-state index is -0.0799. The van der Waals surface area contributed by atoms with Gasteiger partial charge in [0.05, 0.1) is 6.61 Å². The lowest BCUT2D eigenvalue weighted by Gasteiger charge is -2.27. The highest BCUT2D eigenvalue weighted by Crippen LogP contribution is 2.07. The molecule has 1 atom stereocenters. The van der Waals surface area contributed by atoms with Crippen LogP contribution in [-0.2, 0) is 4.74 Å². The second-order valence-electron chi connectivity index (χ2n) is 2.72. The van der Waals surface area contributed by atoms with E-state index >= 15 is 0 Å². The fourth-order valence-electron chi connectivity index (χ4n) is 0.835. The first-order chi connectivity index (χ1) is 4.68. The van der Waals surface area contributed by atoms with E-state index in [1.807, 2.05) is 14.0 Å². The first kappa shape index (κ1) is 9.88. The molecule has 0 fully saturated rings. The number of nitrogens with one attached hydrogen (secondary N) is 1. The van der Waals surface area contributed by atoms with Gasteiger partial charge in [0.2, 0.25) is 0 Å². The summed E-state index contributed by atoms with van der Waals surface area (Å²) < 4.78 is 4.98. The Labute approximate surface area is 62.4 Å². The highest BCUT2D eigenvalue weighted by molar-refractivity contribution is 4.80. The molecular formula is C7H17NO2. The van der Waals surface area contributed by atoms with E-state index in [2.05, 4.69) is 5.32 Å². The molecule has 0 aromatic rings. The predicted octanol–water partition coefficient (Wildman–Crippen LogP) is -0.00670. The maximum Gasteiger partial charge on any atom is 0.0642 e.